The highest BCUT2D eigenvalue weighted by atomic mass is 32.2. The number of benzene rings is 2. The van der Waals surface area contributed by atoms with Crippen molar-refractivity contribution in [2.45, 2.75) is 40.5 Å². The second kappa shape index (κ2) is 8.72. The topological polar surface area (TPSA) is 73.8 Å². The summed E-state index contributed by atoms with van der Waals surface area (Å²) in [5.74, 6) is 0.00591. The quantitative estimate of drug-likeness (QED) is 0.446. The molecule has 3 heterocycles. The maximum absolute atomic E-state index is 12.9. The first-order valence-electron chi connectivity index (χ1n) is 11.6. The molecule has 0 saturated heterocycles. The molecular weight excluding hydrogens is 442 g/mol. The first-order valence-corrected chi connectivity index (χ1v) is 12.4. The number of carbonyl (C=O) groups is 1. The Bertz CT molecular complexity index is 1420. The highest BCUT2D eigenvalue weighted by Gasteiger charge is 2.37. The number of aryl methyl sites for hydroxylation is 1. The predicted molar refractivity (Wildman–Crippen MR) is 142 cm³/mol. The average Bonchev–Trinajstić information content (AvgIpc) is 3.37. The van der Waals surface area contributed by atoms with E-state index in [0.717, 1.165) is 40.5 Å². The molecule has 2 aliphatic rings. The van der Waals surface area contributed by atoms with Gasteiger partial charge >= 0.3 is 0 Å². The van der Waals surface area contributed by atoms with E-state index >= 15 is 0 Å². The van der Waals surface area contributed by atoms with Crippen LogP contribution >= 0.6 is 11.8 Å². The number of amides is 1. The lowest BCUT2D eigenvalue weighted by Crippen LogP contribution is -2.35. The maximum Gasteiger partial charge on any atom is 0.283 e. The number of thioether (sulfide) groups is 1. The standard InChI is InChI=1S/C27H27N5OS/c1-5-18(6-2)26-30-32-24(28)22(25(33)29-27(32)34-26)15-20-14-16(3)31(17(20)4)23-13-9-11-19-10-7-8-12-21(19)23/h7-15,18,28H,5-6H2,1-4H3. The summed E-state index contributed by atoms with van der Waals surface area (Å²) in [6.07, 6.45) is 3.71. The van der Waals surface area contributed by atoms with Crippen molar-refractivity contribution in [2.24, 2.45) is 16.0 Å². The number of fused-ring (bicyclic) bond motifs is 2. The van der Waals surface area contributed by atoms with E-state index in [2.05, 4.69) is 71.8 Å². The molecular formula is C27H27N5OS. The highest BCUT2D eigenvalue weighted by Crippen LogP contribution is 2.34. The summed E-state index contributed by atoms with van der Waals surface area (Å²) >= 11 is 1.41. The molecule has 0 spiro atoms. The van der Waals surface area contributed by atoms with Crippen LogP contribution in [0.25, 0.3) is 22.5 Å². The first-order chi connectivity index (χ1) is 16.4. The van der Waals surface area contributed by atoms with Crippen molar-refractivity contribution in [3.63, 3.8) is 0 Å². The molecule has 0 aliphatic carbocycles. The fraction of sp³-hybridized carbons (Fsp3) is 0.259. The van der Waals surface area contributed by atoms with Gasteiger partial charge in [0.15, 0.2) is 5.84 Å². The first kappa shape index (κ1) is 22.3. The third-order valence-corrected chi connectivity index (χ3v) is 7.65. The van der Waals surface area contributed by atoms with Crippen LogP contribution in [0.4, 0.5) is 0 Å². The number of rotatable bonds is 5. The van der Waals surface area contributed by atoms with Crippen molar-refractivity contribution < 1.29 is 4.79 Å². The zero-order valence-electron chi connectivity index (χ0n) is 19.8. The number of nitrogens with zero attached hydrogens (tertiary/aromatic N) is 4. The van der Waals surface area contributed by atoms with Gasteiger partial charge in [0.2, 0.25) is 5.17 Å². The Balaban J connectivity index is 1.55. The van der Waals surface area contributed by atoms with Crippen molar-refractivity contribution in [3.05, 3.63) is 71.1 Å². The lowest BCUT2D eigenvalue weighted by atomic mass is 10.1. The van der Waals surface area contributed by atoms with Crippen LogP contribution in [0.3, 0.4) is 0 Å². The lowest BCUT2D eigenvalue weighted by molar-refractivity contribution is -0.114. The molecule has 0 unspecified atom stereocenters. The summed E-state index contributed by atoms with van der Waals surface area (Å²) in [5, 5.41) is 18.6. The summed E-state index contributed by atoms with van der Waals surface area (Å²) in [6.45, 7) is 8.36. The minimum atomic E-state index is -0.389. The zero-order chi connectivity index (χ0) is 24.0. The average molecular weight is 470 g/mol. The number of hydrazone groups is 1. The molecule has 1 amide bonds. The number of hydrogen-bond acceptors (Lipinski definition) is 4. The Morgan fingerprint density at radius 2 is 1.82 bits per heavy atom. The van der Waals surface area contributed by atoms with Gasteiger partial charge in [-0.1, -0.05) is 50.2 Å². The van der Waals surface area contributed by atoms with E-state index in [4.69, 9.17) is 5.41 Å². The number of amidine groups is 2. The molecule has 2 aromatic carbocycles. The highest BCUT2D eigenvalue weighted by molar-refractivity contribution is 8.27. The summed E-state index contributed by atoms with van der Waals surface area (Å²) in [5.41, 5.74) is 4.32. The number of carbonyl (C=O) groups excluding carboxylic acids is 1. The van der Waals surface area contributed by atoms with Crippen molar-refractivity contribution in [1.82, 2.24) is 9.58 Å². The number of nitrogens with one attached hydrogen (secondary N) is 1. The van der Waals surface area contributed by atoms with Gasteiger partial charge in [-0.3, -0.25) is 10.2 Å². The van der Waals surface area contributed by atoms with Crippen LogP contribution in [0, 0.1) is 25.2 Å². The van der Waals surface area contributed by atoms with Crippen LogP contribution in [0.5, 0.6) is 0 Å². The molecule has 0 radical (unpaired) electrons. The molecule has 0 atom stereocenters. The molecule has 5 rings (SSSR count). The normalized spacial score (nSPS) is 17.1. The van der Waals surface area contributed by atoms with E-state index in [1.807, 2.05) is 19.1 Å². The van der Waals surface area contributed by atoms with Crippen molar-refractivity contribution in [2.75, 3.05) is 0 Å². The largest absolute Gasteiger partial charge is 0.317 e. The molecule has 1 N–H and O–H groups in total. The predicted octanol–water partition coefficient (Wildman–Crippen LogP) is 6.30. The van der Waals surface area contributed by atoms with Crippen molar-refractivity contribution in [1.29, 1.82) is 5.41 Å². The van der Waals surface area contributed by atoms with Crippen LogP contribution < -0.4 is 0 Å². The molecule has 0 bridgehead atoms. The zero-order valence-corrected chi connectivity index (χ0v) is 20.6. The van der Waals surface area contributed by atoms with Gasteiger partial charge in [0.25, 0.3) is 5.91 Å². The molecule has 172 valence electrons. The molecule has 7 heteroatoms. The maximum atomic E-state index is 12.9. The Hall–Kier alpha value is -3.45. The Kier molecular flexibility index (Phi) is 5.73. The van der Waals surface area contributed by atoms with Gasteiger partial charge in [-0.25, -0.2) is 0 Å². The van der Waals surface area contributed by atoms with Crippen LogP contribution in [0.15, 0.2) is 64.2 Å². The summed E-state index contributed by atoms with van der Waals surface area (Å²) < 4.78 is 2.20. The van der Waals surface area contributed by atoms with E-state index in [1.54, 1.807) is 6.08 Å². The van der Waals surface area contributed by atoms with Crippen LogP contribution in [0.2, 0.25) is 0 Å². The molecule has 0 saturated carbocycles. The number of hydrogen-bond donors (Lipinski definition) is 1. The van der Waals surface area contributed by atoms with Crippen LogP contribution in [-0.2, 0) is 4.79 Å². The lowest BCUT2D eigenvalue weighted by Gasteiger charge is -2.20. The van der Waals surface area contributed by atoms with Gasteiger partial charge in [-0.15, -0.1) is 0 Å². The van der Waals surface area contributed by atoms with Crippen LogP contribution in [-0.4, -0.2) is 31.5 Å². The van der Waals surface area contributed by atoms with Gasteiger partial charge in [-0.05, 0) is 67.6 Å². The fourth-order valence-electron chi connectivity index (χ4n) is 4.67. The van der Waals surface area contributed by atoms with Gasteiger partial charge in [0.05, 0.1) is 11.3 Å². The van der Waals surface area contributed by atoms with Gasteiger partial charge in [-0.2, -0.15) is 15.1 Å². The van der Waals surface area contributed by atoms with E-state index in [0.29, 0.717) is 11.1 Å². The van der Waals surface area contributed by atoms with E-state index in [9.17, 15) is 4.79 Å². The third kappa shape index (κ3) is 3.60. The van der Waals surface area contributed by atoms with E-state index < -0.39 is 0 Å². The van der Waals surface area contributed by atoms with Crippen LogP contribution in [0.1, 0.15) is 43.6 Å². The SMILES string of the molecule is CCC(CC)C1=NN2C(=N)C(=Cc3cc(C)n(-c4cccc5ccccc45)c3C)C(=O)N=C2S1. The van der Waals surface area contributed by atoms with Gasteiger partial charge in [0.1, 0.15) is 5.04 Å². The molecule has 2 aliphatic heterocycles. The fourth-order valence-corrected chi connectivity index (χ4v) is 5.83. The minimum Gasteiger partial charge on any atom is -0.317 e. The molecule has 34 heavy (non-hydrogen) atoms. The summed E-state index contributed by atoms with van der Waals surface area (Å²) in [6, 6.07) is 16.7. The number of aromatic nitrogens is 1. The van der Waals surface area contributed by atoms with E-state index in [-0.39, 0.29) is 17.3 Å². The monoisotopic (exact) mass is 469 g/mol. The Morgan fingerprint density at radius 1 is 1.09 bits per heavy atom. The third-order valence-electron chi connectivity index (χ3n) is 6.58. The Labute approximate surface area is 203 Å². The number of aliphatic imine (C=N–C) groups is 1. The molecule has 0 fully saturated rings. The summed E-state index contributed by atoms with van der Waals surface area (Å²) in [7, 11) is 0. The van der Waals surface area contributed by atoms with Gasteiger partial charge < -0.3 is 4.57 Å². The molecule has 1 aromatic heterocycles. The second-order valence-corrected chi connectivity index (χ2v) is 9.62. The van der Waals surface area contributed by atoms with E-state index in [1.165, 1.54) is 27.5 Å². The van der Waals surface area contributed by atoms with Crippen molar-refractivity contribution in [3.8, 4) is 5.69 Å². The molecule has 6 nitrogen and oxygen atoms in total. The summed E-state index contributed by atoms with van der Waals surface area (Å²) in [4.78, 5) is 17.2. The smallest absolute Gasteiger partial charge is 0.283 e. The minimum absolute atomic E-state index is 0.0819. The van der Waals surface area contributed by atoms with Gasteiger partial charge in [0, 0.05) is 22.7 Å². The molecule has 3 aromatic rings. The second-order valence-electron chi connectivity index (χ2n) is 8.63. The Morgan fingerprint density at radius 3 is 2.59 bits per heavy atom. The van der Waals surface area contributed by atoms with Crippen molar-refractivity contribution >= 4 is 50.6 Å².